The van der Waals surface area contributed by atoms with E-state index in [0.717, 1.165) is 0 Å². The lowest BCUT2D eigenvalue weighted by atomic mass is 10.2. The number of likely N-dealkylation sites (tertiary alicyclic amines) is 1. The maximum absolute atomic E-state index is 13.1. The van der Waals surface area contributed by atoms with Gasteiger partial charge in [-0.2, -0.15) is 0 Å². The zero-order valence-corrected chi connectivity index (χ0v) is 10.2. The number of hydrogen-bond donors (Lipinski definition) is 1. The SMILES string of the molecule is O=C(O)C1CCC(=O)N1Cc1cc(F)ccc1Cl. The van der Waals surface area contributed by atoms with Gasteiger partial charge in [-0.1, -0.05) is 11.6 Å². The van der Waals surface area contributed by atoms with E-state index in [-0.39, 0.29) is 25.3 Å². The molecule has 1 saturated heterocycles. The van der Waals surface area contributed by atoms with Gasteiger partial charge < -0.3 is 10.0 Å². The van der Waals surface area contributed by atoms with Crippen LogP contribution >= 0.6 is 11.6 Å². The third kappa shape index (κ3) is 2.46. The van der Waals surface area contributed by atoms with Gasteiger partial charge in [0.15, 0.2) is 0 Å². The number of benzene rings is 1. The van der Waals surface area contributed by atoms with Gasteiger partial charge in [0.2, 0.25) is 5.91 Å². The van der Waals surface area contributed by atoms with Crippen molar-refractivity contribution in [3.05, 3.63) is 34.6 Å². The molecule has 0 spiro atoms. The summed E-state index contributed by atoms with van der Waals surface area (Å²) in [6, 6.07) is 2.97. The van der Waals surface area contributed by atoms with Crippen LogP contribution in [0.4, 0.5) is 4.39 Å². The zero-order chi connectivity index (χ0) is 13.3. The van der Waals surface area contributed by atoms with Crippen LogP contribution in [0.25, 0.3) is 0 Å². The Morgan fingerprint density at radius 3 is 2.94 bits per heavy atom. The molecule has 6 heteroatoms. The molecule has 1 amide bonds. The molecule has 96 valence electrons. The van der Waals surface area contributed by atoms with Gasteiger partial charge in [0.25, 0.3) is 0 Å². The fourth-order valence-electron chi connectivity index (χ4n) is 2.04. The molecule has 1 aromatic rings. The topological polar surface area (TPSA) is 57.6 Å². The highest BCUT2D eigenvalue weighted by molar-refractivity contribution is 6.31. The first kappa shape index (κ1) is 12.8. The molecule has 1 aliphatic rings. The number of carboxylic acids is 1. The molecule has 0 aliphatic carbocycles. The van der Waals surface area contributed by atoms with Crippen LogP contribution in [0, 0.1) is 5.82 Å². The molecule has 1 aliphatic heterocycles. The molecule has 0 aromatic heterocycles. The smallest absolute Gasteiger partial charge is 0.326 e. The van der Waals surface area contributed by atoms with Crippen LogP contribution in [-0.2, 0) is 16.1 Å². The standard InChI is InChI=1S/C12H11ClFNO3/c13-9-2-1-8(14)5-7(9)6-15-10(12(17)18)3-4-11(15)16/h1-2,5,10H,3-4,6H2,(H,17,18). The van der Waals surface area contributed by atoms with Crippen molar-refractivity contribution < 1.29 is 19.1 Å². The van der Waals surface area contributed by atoms with Crippen LogP contribution < -0.4 is 0 Å². The Morgan fingerprint density at radius 1 is 1.56 bits per heavy atom. The van der Waals surface area contributed by atoms with E-state index in [1.54, 1.807) is 0 Å². The summed E-state index contributed by atoms with van der Waals surface area (Å²) in [6.07, 6.45) is 0.477. The van der Waals surface area contributed by atoms with Crippen molar-refractivity contribution in [3.63, 3.8) is 0 Å². The first-order chi connectivity index (χ1) is 8.49. The van der Waals surface area contributed by atoms with Crippen LogP contribution in [0.3, 0.4) is 0 Å². The fraction of sp³-hybridized carbons (Fsp3) is 0.333. The summed E-state index contributed by atoms with van der Waals surface area (Å²) < 4.78 is 13.1. The number of carboxylic acid groups (broad SMARTS) is 1. The molecule has 1 unspecified atom stereocenters. The Kier molecular flexibility index (Phi) is 3.52. The first-order valence-corrected chi connectivity index (χ1v) is 5.83. The highest BCUT2D eigenvalue weighted by atomic mass is 35.5. The van der Waals surface area contributed by atoms with Gasteiger partial charge in [0.1, 0.15) is 11.9 Å². The average molecular weight is 272 g/mol. The lowest BCUT2D eigenvalue weighted by Gasteiger charge is -2.22. The van der Waals surface area contributed by atoms with E-state index in [1.165, 1.54) is 23.1 Å². The van der Waals surface area contributed by atoms with Crippen molar-refractivity contribution in [2.75, 3.05) is 0 Å². The third-order valence-electron chi connectivity index (χ3n) is 2.96. The second-order valence-electron chi connectivity index (χ2n) is 4.15. The molecule has 1 atom stereocenters. The molecule has 2 rings (SSSR count). The summed E-state index contributed by atoms with van der Waals surface area (Å²) in [5.74, 6) is -1.76. The van der Waals surface area contributed by atoms with E-state index in [0.29, 0.717) is 10.6 Å². The predicted molar refractivity (Wildman–Crippen MR) is 62.6 cm³/mol. The highest BCUT2D eigenvalue weighted by Crippen LogP contribution is 2.25. The van der Waals surface area contributed by atoms with Crippen molar-refractivity contribution in [2.45, 2.75) is 25.4 Å². The second kappa shape index (κ2) is 4.94. The summed E-state index contributed by atoms with van der Waals surface area (Å²) in [5, 5.41) is 9.32. The number of rotatable bonds is 3. The lowest BCUT2D eigenvalue weighted by molar-refractivity contribution is -0.146. The summed E-state index contributed by atoms with van der Waals surface area (Å²) >= 11 is 5.90. The monoisotopic (exact) mass is 271 g/mol. The second-order valence-corrected chi connectivity index (χ2v) is 4.56. The molecule has 18 heavy (non-hydrogen) atoms. The van der Waals surface area contributed by atoms with Crippen LogP contribution in [0.1, 0.15) is 18.4 Å². The number of halogens is 2. The van der Waals surface area contributed by atoms with E-state index >= 15 is 0 Å². The minimum absolute atomic E-state index is 0.0202. The quantitative estimate of drug-likeness (QED) is 0.915. The minimum Gasteiger partial charge on any atom is -0.480 e. The number of carbonyl (C=O) groups excluding carboxylic acids is 1. The lowest BCUT2D eigenvalue weighted by Crippen LogP contribution is -2.38. The van der Waals surface area contributed by atoms with Crippen molar-refractivity contribution in [1.82, 2.24) is 4.90 Å². The van der Waals surface area contributed by atoms with E-state index in [2.05, 4.69) is 0 Å². The normalized spacial score (nSPS) is 19.3. The van der Waals surface area contributed by atoms with Gasteiger partial charge in [-0.25, -0.2) is 9.18 Å². The van der Waals surface area contributed by atoms with E-state index in [4.69, 9.17) is 16.7 Å². The van der Waals surface area contributed by atoms with Crippen LogP contribution in [0.15, 0.2) is 18.2 Å². The van der Waals surface area contributed by atoms with E-state index < -0.39 is 17.8 Å². The predicted octanol–water partition coefficient (Wildman–Crippen LogP) is 2.05. The Balaban J connectivity index is 2.24. The summed E-state index contributed by atoms with van der Waals surface area (Å²) in [5.41, 5.74) is 0.415. The highest BCUT2D eigenvalue weighted by Gasteiger charge is 2.36. The number of amides is 1. The maximum Gasteiger partial charge on any atom is 0.326 e. The molecular weight excluding hydrogens is 261 g/mol. The molecule has 4 nitrogen and oxygen atoms in total. The zero-order valence-electron chi connectivity index (χ0n) is 9.40. The molecule has 0 radical (unpaired) electrons. The summed E-state index contributed by atoms with van der Waals surface area (Å²) in [4.78, 5) is 23.8. The van der Waals surface area contributed by atoms with Gasteiger partial charge in [0, 0.05) is 18.0 Å². The summed E-state index contributed by atoms with van der Waals surface area (Å²) in [6.45, 7) is 0.0202. The molecular formula is C12H11ClFNO3. The Bertz CT molecular complexity index is 506. The van der Waals surface area contributed by atoms with E-state index in [1.807, 2.05) is 0 Å². The third-order valence-corrected chi connectivity index (χ3v) is 3.33. The van der Waals surface area contributed by atoms with Gasteiger partial charge in [-0.3, -0.25) is 4.79 Å². The van der Waals surface area contributed by atoms with Crippen LogP contribution in [-0.4, -0.2) is 27.9 Å². The number of carbonyl (C=O) groups is 2. The Labute approximate surface area is 108 Å². The number of nitrogens with zero attached hydrogens (tertiary/aromatic N) is 1. The molecule has 1 fully saturated rings. The molecule has 0 saturated carbocycles. The minimum atomic E-state index is -1.05. The number of aliphatic carboxylic acids is 1. The maximum atomic E-state index is 13.1. The van der Waals surface area contributed by atoms with Gasteiger partial charge in [0.05, 0.1) is 0 Å². The van der Waals surface area contributed by atoms with Crippen LogP contribution in [0.5, 0.6) is 0 Å². The molecule has 1 aromatic carbocycles. The fourth-order valence-corrected chi connectivity index (χ4v) is 2.21. The first-order valence-electron chi connectivity index (χ1n) is 5.45. The molecule has 1 N–H and O–H groups in total. The van der Waals surface area contributed by atoms with E-state index in [9.17, 15) is 14.0 Å². The average Bonchev–Trinajstić information content (AvgIpc) is 2.66. The summed E-state index contributed by atoms with van der Waals surface area (Å²) in [7, 11) is 0. The van der Waals surface area contributed by atoms with Crippen molar-refractivity contribution >= 4 is 23.5 Å². The molecule has 0 bridgehead atoms. The Morgan fingerprint density at radius 2 is 2.28 bits per heavy atom. The van der Waals surface area contributed by atoms with Crippen molar-refractivity contribution in [3.8, 4) is 0 Å². The van der Waals surface area contributed by atoms with Gasteiger partial charge in [-0.15, -0.1) is 0 Å². The molecule has 1 heterocycles. The van der Waals surface area contributed by atoms with Gasteiger partial charge >= 0.3 is 5.97 Å². The largest absolute Gasteiger partial charge is 0.480 e. The van der Waals surface area contributed by atoms with Crippen molar-refractivity contribution in [1.29, 1.82) is 0 Å². The Hall–Kier alpha value is -1.62. The van der Waals surface area contributed by atoms with Crippen molar-refractivity contribution in [2.24, 2.45) is 0 Å². The van der Waals surface area contributed by atoms with Crippen LogP contribution in [0.2, 0.25) is 5.02 Å². The van der Waals surface area contributed by atoms with Gasteiger partial charge in [-0.05, 0) is 30.2 Å². The number of hydrogen-bond acceptors (Lipinski definition) is 2.